The number of hydrogen-bond donors (Lipinski definition) is 0. The van der Waals surface area contributed by atoms with Crippen molar-refractivity contribution in [3.05, 3.63) is 173 Å². The van der Waals surface area contributed by atoms with Gasteiger partial charge in [-0.3, -0.25) is 0 Å². The molecule has 3 aromatic carbocycles. The van der Waals surface area contributed by atoms with Crippen LogP contribution in [0.1, 0.15) is 173 Å². The van der Waals surface area contributed by atoms with E-state index in [1.807, 2.05) is 81.0 Å². The number of pyridine rings is 4. The number of benzene rings is 3. The zero-order valence-corrected chi connectivity index (χ0v) is 67.1. The van der Waals surface area contributed by atoms with Gasteiger partial charge in [-0.25, -0.2) is 49.8 Å². The molecule has 11 heterocycles. The first kappa shape index (κ1) is 75.2. The van der Waals surface area contributed by atoms with Crippen LogP contribution in [-0.2, 0) is 28.2 Å². The SMILES string of the molecule is Cc1c(C)c(C)c2c(nc(C)n2C)c1C.Cc1c(C)c(C)c2c(nc(C)n2C)c1C.Cc1nc2c(C)c(C)c(C)c(C)c2s1.Cc1nc2c(nc(C)n2C)c(C)c1C.Cc1nc2nc(C)c(C)c(C)c2o1.Cc1nc2nc(C)c(C)c(C)c2s1.Cc1nc2nc(C)n(C)c2c(C)c1C. The lowest BCUT2D eigenvalue weighted by Crippen LogP contribution is -1.97. The van der Waals surface area contributed by atoms with Crippen molar-refractivity contribution in [3.8, 4) is 0 Å². The topological polar surface area (TPSA) is 175 Å². The molecule has 0 saturated heterocycles. The highest BCUT2D eigenvalue weighted by Crippen LogP contribution is 2.35. The largest absolute Gasteiger partial charge is 0.439 e. The highest BCUT2D eigenvalue weighted by atomic mass is 32.1. The summed E-state index contributed by atoms with van der Waals surface area (Å²) < 4.78 is 16.6. The Morgan fingerprint density at radius 2 is 0.571 bits per heavy atom. The smallest absolute Gasteiger partial charge is 0.199 e. The molecule has 0 bridgehead atoms. The van der Waals surface area contributed by atoms with Gasteiger partial charge >= 0.3 is 0 Å². The summed E-state index contributed by atoms with van der Waals surface area (Å²) in [5.41, 5.74) is 43.3. The van der Waals surface area contributed by atoms with Gasteiger partial charge in [-0.1, -0.05) is 0 Å². The Kier molecular flexibility index (Phi) is 22.3. The van der Waals surface area contributed by atoms with E-state index in [0.717, 1.165) is 112 Å². The second kappa shape index (κ2) is 29.1. The lowest BCUT2D eigenvalue weighted by Gasteiger charge is -2.11. The van der Waals surface area contributed by atoms with E-state index in [1.165, 1.54) is 132 Å². The summed E-state index contributed by atoms with van der Waals surface area (Å²) in [6, 6.07) is 0. The molecule has 0 spiro atoms. The predicted molar refractivity (Wildman–Crippen MR) is 414 cm³/mol. The van der Waals surface area contributed by atoms with Gasteiger partial charge in [0, 0.05) is 63.5 Å². The van der Waals surface area contributed by atoms with E-state index in [4.69, 9.17) is 4.42 Å². The summed E-state index contributed by atoms with van der Waals surface area (Å²) in [6.45, 7) is 65.2. The number of fused-ring (bicyclic) bond motifs is 7. The van der Waals surface area contributed by atoms with E-state index in [0.29, 0.717) is 5.89 Å². The normalized spacial score (nSPS) is 11.2. The maximum absolute atomic E-state index is 5.46. The van der Waals surface area contributed by atoms with Gasteiger partial charge in [-0.15, -0.1) is 22.7 Å². The highest BCUT2D eigenvalue weighted by molar-refractivity contribution is 7.19. The molecule has 0 fully saturated rings. The standard InChI is InChI=1S/2C13H18N2.C12H15NS.2C11H15N3.C10H12N2O.C10H12N2S/c2*1-7-8(2)10(4)13-12(9(7)3)14-11(5)15(13)6;1-6-7(2)9(4)12-11(8(6)3)13-10(5)14-12;1-6-7(2)10-11(12-8(6)3)13-9(4)14(10)5;1-6-7(2)10-11(12-8(6)3)14(5)9(4)13-10;2*1-5-6(2)9-10(11-7(5)3)12-8(4)13-9/h2*1-6H3;3*1-5H3;2*1-4H3. The number of nitrogens with zero attached hydrogens (tertiary/aromatic N) is 15. The van der Waals surface area contributed by atoms with E-state index in [9.17, 15) is 0 Å². The van der Waals surface area contributed by atoms with Crippen LogP contribution in [0, 0.1) is 215 Å². The average molecular weight is 1360 g/mol. The highest BCUT2D eigenvalue weighted by Gasteiger charge is 2.19. The van der Waals surface area contributed by atoms with Gasteiger partial charge in [0.25, 0.3) is 0 Å². The molecule has 14 aromatic rings. The minimum Gasteiger partial charge on any atom is -0.439 e. The second-order valence-corrected chi connectivity index (χ2v) is 29.5. The first-order valence-electron chi connectivity index (χ1n) is 33.7. The minimum atomic E-state index is 0.676. The minimum absolute atomic E-state index is 0.676. The molecule has 0 N–H and O–H groups in total. The molecular formula is C80H105N15OS2. The average Bonchev–Trinajstić information content (AvgIpc) is 1.65. The van der Waals surface area contributed by atoms with Crippen LogP contribution < -0.4 is 0 Å². The first-order valence-corrected chi connectivity index (χ1v) is 35.4. The van der Waals surface area contributed by atoms with Crippen LogP contribution in [0.15, 0.2) is 4.42 Å². The van der Waals surface area contributed by atoms with Crippen molar-refractivity contribution >= 4 is 98.9 Å². The Labute approximate surface area is 589 Å². The fourth-order valence-electron chi connectivity index (χ4n) is 12.6. The Morgan fingerprint density at radius 1 is 0.235 bits per heavy atom. The maximum Gasteiger partial charge on any atom is 0.199 e. The summed E-state index contributed by atoms with van der Waals surface area (Å²) in [7, 11) is 8.22. The van der Waals surface area contributed by atoms with E-state index in [-0.39, 0.29) is 0 Å². The van der Waals surface area contributed by atoms with Crippen LogP contribution in [0.4, 0.5) is 0 Å². The van der Waals surface area contributed by atoms with Crippen LogP contribution in [0.3, 0.4) is 0 Å². The number of rotatable bonds is 0. The van der Waals surface area contributed by atoms with Crippen LogP contribution in [0.2, 0.25) is 0 Å². The fraction of sp³-hybridized carbons (Fsp3) is 0.438. The summed E-state index contributed by atoms with van der Waals surface area (Å²) in [5, 5.41) is 2.26. The molecular weight excluding hydrogens is 1250 g/mol. The zero-order chi connectivity index (χ0) is 73.2. The van der Waals surface area contributed by atoms with Gasteiger partial charge in [0.05, 0.1) is 52.5 Å². The van der Waals surface area contributed by atoms with Gasteiger partial charge in [0.2, 0.25) is 0 Å². The molecule has 0 aliphatic carbocycles. The summed E-state index contributed by atoms with van der Waals surface area (Å²) in [6.07, 6.45) is 0. The molecule has 0 saturated carbocycles. The van der Waals surface area contributed by atoms with Gasteiger partial charge < -0.3 is 22.7 Å². The molecule has 0 unspecified atom stereocenters. The first-order chi connectivity index (χ1) is 45.6. The molecule has 518 valence electrons. The summed E-state index contributed by atoms with van der Waals surface area (Å²) >= 11 is 3.53. The molecule has 11 aromatic heterocycles. The number of aromatic nitrogens is 15. The fourth-order valence-corrected chi connectivity index (χ4v) is 14.5. The number of oxazole rings is 1. The van der Waals surface area contributed by atoms with Crippen molar-refractivity contribution in [1.29, 1.82) is 0 Å². The molecule has 98 heavy (non-hydrogen) atoms. The van der Waals surface area contributed by atoms with Gasteiger partial charge in [0.15, 0.2) is 34.1 Å². The van der Waals surface area contributed by atoms with Crippen molar-refractivity contribution in [3.63, 3.8) is 0 Å². The third-order valence-corrected chi connectivity index (χ3v) is 23.6. The molecule has 0 atom stereocenters. The van der Waals surface area contributed by atoms with Gasteiger partial charge in [-0.05, 0) is 313 Å². The molecule has 0 aliphatic heterocycles. The number of thiazole rings is 2. The monoisotopic (exact) mass is 1360 g/mol. The van der Waals surface area contributed by atoms with Gasteiger partial charge in [-0.2, -0.15) is 4.98 Å². The second-order valence-electron chi connectivity index (χ2n) is 27.1. The third-order valence-electron chi connectivity index (χ3n) is 21.5. The Hall–Kier alpha value is -8.61. The number of hydrogen-bond acceptors (Lipinski definition) is 14. The lowest BCUT2D eigenvalue weighted by atomic mass is 9.97. The quantitative estimate of drug-likeness (QED) is 0.141. The van der Waals surface area contributed by atoms with E-state index in [2.05, 4.69) is 235 Å². The van der Waals surface area contributed by atoms with Crippen molar-refractivity contribution in [2.24, 2.45) is 28.2 Å². The summed E-state index contributed by atoms with van der Waals surface area (Å²) in [5.74, 6) is 4.87. The van der Waals surface area contributed by atoms with E-state index < -0.39 is 0 Å². The molecule has 0 aliphatic rings. The Bertz CT molecular complexity index is 5210. The predicted octanol–water partition coefficient (Wildman–Crippen LogP) is 19.9. The van der Waals surface area contributed by atoms with Crippen molar-refractivity contribution in [1.82, 2.24) is 73.1 Å². The van der Waals surface area contributed by atoms with E-state index in [1.54, 1.807) is 22.7 Å². The maximum atomic E-state index is 5.46. The summed E-state index contributed by atoms with van der Waals surface area (Å²) in [4.78, 5) is 49.2. The Morgan fingerprint density at radius 3 is 1.09 bits per heavy atom. The number of aryl methyl sites for hydroxylation is 25. The van der Waals surface area contributed by atoms with Gasteiger partial charge in [0.1, 0.15) is 28.8 Å². The van der Waals surface area contributed by atoms with Crippen molar-refractivity contribution in [2.75, 3.05) is 0 Å². The number of imidazole rings is 4. The zero-order valence-electron chi connectivity index (χ0n) is 65.4. The van der Waals surface area contributed by atoms with E-state index >= 15 is 0 Å². The molecule has 16 nitrogen and oxygen atoms in total. The third kappa shape index (κ3) is 14.1. The lowest BCUT2D eigenvalue weighted by molar-refractivity contribution is 0.558. The molecule has 14 rings (SSSR count). The Balaban J connectivity index is 0.000000146. The van der Waals surface area contributed by atoms with Crippen molar-refractivity contribution < 1.29 is 4.42 Å². The van der Waals surface area contributed by atoms with Crippen LogP contribution in [0.5, 0.6) is 0 Å². The molecule has 0 radical (unpaired) electrons. The molecule has 18 heteroatoms. The molecule has 0 amide bonds. The van der Waals surface area contributed by atoms with Crippen LogP contribution in [0.25, 0.3) is 76.2 Å². The van der Waals surface area contributed by atoms with Crippen molar-refractivity contribution in [2.45, 2.75) is 215 Å². The van der Waals surface area contributed by atoms with Crippen LogP contribution in [-0.4, -0.2) is 73.1 Å². The van der Waals surface area contributed by atoms with Crippen LogP contribution >= 0.6 is 22.7 Å².